The van der Waals surface area contributed by atoms with Crippen molar-refractivity contribution in [2.24, 2.45) is 23.7 Å². The highest BCUT2D eigenvalue weighted by Gasteiger charge is 2.46. The van der Waals surface area contributed by atoms with Gasteiger partial charge in [0.05, 0.1) is 22.6 Å². The molecule has 6 nitrogen and oxygen atoms in total. The van der Waals surface area contributed by atoms with Gasteiger partial charge < -0.3 is 9.64 Å². The molecular formula is C33H38ClFN2O4S2. The number of fused-ring (bicyclic) bond motifs is 6. The molecule has 6 aliphatic rings. The van der Waals surface area contributed by atoms with Gasteiger partial charge in [0.15, 0.2) is 0 Å². The molecule has 10 heteroatoms. The Morgan fingerprint density at radius 2 is 2.02 bits per heavy atom. The fourth-order valence-corrected chi connectivity index (χ4v) is 11.1. The van der Waals surface area contributed by atoms with E-state index in [1.165, 1.54) is 5.57 Å². The zero-order valence-electron chi connectivity index (χ0n) is 24.6. The van der Waals surface area contributed by atoms with E-state index in [4.69, 9.17) is 16.3 Å². The molecule has 0 unspecified atom stereocenters. The summed E-state index contributed by atoms with van der Waals surface area (Å²) in [6.07, 6.45) is 7.73. The number of benzene rings is 2. The molecule has 230 valence electrons. The minimum atomic E-state index is -3.82. The van der Waals surface area contributed by atoms with E-state index in [0.29, 0.717) is 30.4 Å². The van der Waals surface area contributed by atoms with Crippen molar-refractivity contribution in [3.63, 3.8) is 0 Å². The fraction of sp³-hybridized carbons (Fsp3) is 0.545. The van der Waals surface area contributed by atoms with Crippen molar-refractivity contribution in [2.75, 3.05) is 36.6 Å². The molecular weight excluding hydrogens is 607 g/mol. The molecule has 1 spiro atoms. The number of rotatable bonds is 1. The quantitative estimate of drug-likeness (QED) is 0.364. The van der Waals surface area contributed by atoms with Crippen molar-refractivity contribution in [3.05, 3.63) is 69.5 Å². The van der Waals surface area contributed by atoms with Gasteiger partial charge in [0, 0.05) is 41.8 Å². The Kier molecular flexibility index (Phi) is 7.63. The number of sulfonamides is 1. The van der Waals surface area contributed by atoms with Crippen molar-refractivity contribution < 1.29 is 22.3 Å². The Morgan fingerprint density at radius 1 is 1.21 bits per heavy atom. The lowest BCUT2D eigenvalue weighted by Gasteiger charge is -2.48. The normalized spacial score (nSPS) is 33.2. The van der Waals surface area contributed by atoms with Gasteiger partial charge in [-0.2, -0.15) is 0 Å². The third-order valence-electron chi connectivity index (χ3n) is 10.7. The number of ether oxygens (including phenoxy) is 1. The summed E-state index contributed by atoms with van der Waals surface area (Å²) in [6.45, 7) is 3.42. The highest BCUT2D eigenvalue weighted by atomic mass is 35.5. The maximum absolute atomic E-state index is 15.3. The van der Waals surface area contributed by atoms with Crippen LogP contribution in [0, 0.1) is 29.5 Å². The predicted molar refractivity (Wildman–Crippen MR) is 169 cm³/mol. The first-order chi connectivity index (χ1) is 20.6. The van der Waals surface area contributed by atoms with Crippen molar-refractivity contribution in [3.8, 4) is 0 Å². The van der Waals surface area contributed by atoms with E-state index in [1.54, 1.807) is 31.0 Å². The van der Waals surface area contributed by atoms with Crippen LogP contribution >= 0.6 is 23.4 Å². The third kappa shape index (κ3) is 5.22. The number of carbonyl (C=O) groups is 1. The van der Waals surface area contributed by atoms with E-state index in [-0.39, 0.29) is 39.9 Å². The van der Waals surface area contributed by atoms with E-state index in [0.717, 1.165) is 66.1 Å². The average Bonchev–Trinajstić information content (AvgIpc) is 3.07. The SMILES string of the molecule is CO[C@H]1C2=C[C@@H](C2)[C@H](C)CS(=O)(=O)NC(=O)c2ccc3c(c2)N(C[C@@H]2CC[C@H]21)C[C@@]1(CCCc2c1ccc(Cl)c2F)CS3. The number of nitrogens with one attached hydrogen (secondary N) is 1. The number of thioether (sulfide) groups is 1. The molecule has 1 saturated carbocycles. The number of hydrogen-bond acceptors (Lipinski definition) is 6. The van der Waals surface area contributed by atoms with Crippen LogP contribution in [0.2, 0.25) is 5.02 Å². The first-order valence-corrected chi connectivity index (χ1v) is 18.4. The number of carbonyl (C=O) groups excluding carboxylic acids is 1. The van der Waals surface area contributed by atoms with Crippen LogP contribution in [0.5, 0.6) is 0 Å². The Morgan fingerprint density at radius 3 is 2.77 bits per heavy atom. The van der Waals surface area contributed by atoms with E-state index < -0.39 is 15.9 Å². The molecule has 3 heterocycles. The van der Waals surface area contributed by atoms with Gasteiger partial charge in [0.2, 0.25) is 10.0 Å². The number of nitrogens with zero attached hydrogens (tertiary/aromatic N) is 1. The van der Waals surface area contributed by atoms with Gasteiger partial charge in [-0.1, -0.05) is 30.7 Å². The van der Waals surface area contributed by atoms with E-state index in [1.807, 2.05) is 25.1 Å². The summed E-state index contributed by atoms with van der Waals surface area (Å²) in [6, 6.07) is 9.23. The van der Waals surface area contributed by atoms with E-state index >= 15 is 4.39 Å². The number of halogens is 2. The molecule has 8 rings (SSSR count). The first kappa shape index (κ1) is 29.6. The Hall–Kier alpha value is -2.07. The van der Waals surface area contributed by atoms with E-state index in [9.17, 15) is 13.2 Å². The van der Waals surface area contributed by atoms with Gasteiger partial charge in [-0.15, -0.1) is 11.8 Å². The standard InChI is InChI=1S/C33H38ClFN2O4S2/c1-19-16-43(39,40)36-32(38)20-6-10-29-28(14-20)37(15-21-5-7-24(21)31(41-2)23-12-22(19)13-23)17-33(18-42-29)11-3-4-25-26(33)8-9-27(34)30(25)35/h6,8-10,12,14,19,21-22,24,31H,3-5,7,11,13,15-18H2,1-2H3,(H,36,38)/t19-,21+,22+,24-,31+,33+/m1/s1. The zero-order valence-corrected chi connectivity index (χ0v) is 27.0. The molecule has 0 radical (unpaired) electrons. The van der Waals surface area contributed by atoms with Gasteiger partial charge in [0.25, 0.3) is 5.91 Å². The van der Waals surface area contributed by atoms with Crippen LogP contribution in [-0.4, -0.2) is 52.1 Å². The zero-order chi connectivity index (χ0) is 30.1. The molecule has 4 bridgehead atoms. The summed E-state index contributed by atoms with van der Waals surface area (Å²) in [5.41, 5.74) is 4.02. The summed E-state index contributed by atoms with van der Waals surface area (Å²) in [4.78, 5) is 16.8. The number of anilines is 1. The summed E-state index contributed by atoms with van der Waals surface area (Å²) >= 11 is 7.97. The highest BCUT2D eigenvalue weighted by Crippen LogP contribution is 2.51. The van der Waals surface area contributed by atoms with Crippen molar-refractivity contribution in [2.45, 2.75) is 61.9 Å². The lowest BCUT2D eigenvalue weighted by Crippen LogP contribution is -2.50. The van der Waals surface area contributed by atoms with Crippen LogP contribution in [0.1, 0.15) is 60.5 Å². The number of methoxy groups -OCH3 is 1. The monoisotopic (exact) mass is 644 g/mol. The largest absolute Gasteiger partial charge is 0.377 e. The molecule has 1 N–H and O–H groups in total. The Bertz CT molecular complexity index is 1610. The minimum Gasteiger partial charge on any atom is -0.377 e. The molecule has 1 amide bonds. The second-order valence-corrected chi connectivity index (χ2v) is 16.5. The van der Waals surface area contributed by atoms with Gasteiger partial charge in [-0.3, -0.25) is 4.79 Å². The highest BCUT2D eigenvalue weighted by molar-refractivity contribution is 7.99. The molecule has 6 atom stereocenters. The van der Waals surface area contributed by atoms with Crippen LogP contribution in [0.15, 0.2) is 46.9 Å². The Labute approximate surface area is 262 Å². The fourth-order valence-electron chi connectivity index (χ4n) is 8.19. The lowest BCUT2D eigenvalue weighted by atomic mass is 9.64. The van der Waals surface area contributed by atoms with E-state index in [2.05, 4.69) is 15.7 Å². The summed E-state index contributed by atoms with van der Waals surface area (Å²) in [7, 11) is -2.04. The van der Waals surface area contributed by atoms with Gasteiger partial charge in [-0.05, 0) is 103 Å². The number of amides is 1. The second-order valence-electron chi connectivity index (χ2n) is 13.3. The molecule has 43 heavy (non-hydrogen) atoms. The first-order valence-electron chi connectivity index (χ1n) is 15.3. The molecule has 0 saturated heterocycles. The van der Waals surface area contributed by atoms with Crippen molar-refractivity contribution >= 4 is 45.0 Å². The van der Waals surface area contributed by atoms with Gasteiger partial charge >= 0.3 is 0 Å². The van der Waals surface area contributed by atoms with Crippen LogP contribution in [0.3, 0.4) is 0 Å². The van der Waals surface area contributed by atoms with Crippen molar-refractivity contribution in [1.29, 1.82) is 0 Å². The smallest absolute Gasteiger partial charge is 0.264 e. The van der Waals surface area contributed by atoms with Crippen LogP contribution in [-0.2, 0) is 26.6 Å². The Balaban J connectivity index is 1.31. The maximum Gasteiger partial charge on any atom is 0.264 e. The topological polar surface area (TPSA) is 75.7 Å². The third-order valence-corrected chi connectivity index (χ3v) is 13.8. The van der Waals surface area contributed by atoms with Crippen molar-refractivity contribution in [1.82, 2.24) is 4.72 Å². The lowest BCUT2D eigenvalue weighted by molar-refractivity contribution is -0.000263. The molecule has 2 aromatic carbocycles. The van der Waals surface area contributed by atoms with Gasteiger partial charge in [-0.25, -0.2) is 17.5 Å². The minimum absolute atomic E-state index is 0.0270. The summed E-state index contributed by atoms with van der Waals surface area (Å²) in [5.74, 6) is 0.604. The predicted octanol–water partition coefficient (Wildman–Crippen LogP) is 6.36. The second kappa shape index (κ2) is 11.1. The maximum atomic E-state index is 15.3. The van der Waals surface area contributed by atoms with Crippen LogP contribution in [0.4, 0.5) is 10.1 Å². The van der Waals surface area contributed by atoms with Crippen LogP contribution < -0.4 is 9.62 Å². The number of hydrogen-bond donors (Lipinski definition) is 1. The molecule has 2 aromatic rings. The van der Waals surface area contributed by atoms with Crippen LogP contribution in [0.25, 0.3) is 0 Å². The molecule has 0 aromatic heterocycles. The molecule has 3 aliphatic carbocycles. The molecule has 3 aliphatic heterocycles. The summed E-state index contributed by atoms with van der Waals surface area (Å²) < 4.78 is 49.9. The van der Waals surface area contributed by atoms with Gasteiger partial charge in [0.1, 0.15) is 5.82 Å². The number of allylic oxidation sites excluding steroid dienone is 1. The average molecular weight is 645 g/mol. The molecule has 1 fully saturated rings. The summed E-state index contributed by atoms with van der Waals surface area (Å²) in [5, 5.41) is 0.167.